The molecule has 0 saturated heterocycles. The number of alkyl halides is 3. The van der Waals surface area contributed by atoms with E-state index in [1.54, 1.807) is 23.9 Å². The second-order valence-electron chi connectivity index (χ2n) is 2.96. The van der Waals surface area contributed by atoms with Crippen molar-refractivity contribution in [3.63, 3.8) is 0 Å². The second kappa shape index (κ2) is 3.81. The summed E-state index contributed by atoms with van der Waals surface area (Å²) in [6.45, 7) is 0. The van der Waals surface area contributed by atoms with Crippen molar-refractivity contribution in [3.8, 4) is 5.75 Å². The molecular weight excluding hydrogens is 225 g/mol. The van der Waals surface area contributed by atoms with Crippen LogP contribution in [0.15, 0.2) is 29.2 Å². The van der Waals surface area contributed by atoms with Crippen molar-refractivity contribution in [2.45, 2.75) is 11.3 Å². The Balaban J connectivity index is 2.26. The van der Waals surface area contributed by atoms with E-state index in [0.717, 1.165) is 16.2 Å². The molecule has 0 aromatic heterocycles. The molecule has 1 nitrogen and oxygen atoms in total. The van der Waals surface area contributed by atoms with Gasteiger partial charge in [0.05, 0.1) is 0 Å². The molecule has 1 aromatic rings. The maximum atomic E-state index is 11.9. The Kier molecular flexibility index (Phi) is 2.65. The van der Waals surface area contributed by atoms with Gasteiger partial charge in [-0.25, -0.2) is 0 Å². The van der Waals surface area contributed by atoms with Gasteiger partial charge >= 0.3 is 6.36 Å². The fourth-order valence-corrected chi connectivity index (χ4v) is 2.13. The quantitative estimate of drug-likeness (QED) is 0.730. The molecule has 0 unspecified atom stereocenters. The highest BCUT2D eigenvalue weighted by Gasteiger charge is 2.31. The van der Waals surface area contributed by atoms with Crippen LogP contribution in [0.25, 0.3) is 6.08 Å². The molecule has 2 rings (SSSR count). The number of hydrogen-bond donors (Lipinski definition) is 0. The standard InChI is InChI=1S/C10H7F3OS/c11-10(12,13)14-8-3-4-9-7(6-8)2-1-5-15-9/h1-4,6H,5H2. The number of fused-ring (bicyclic) bond motifs is 1. The average Bonchev–Trinajstić information content (AvgIpc) is 2.15. The predicted molar refractivity (Wildman–Crippen MR) is 52.9 cm³/mol. The number of rotatable bonds is 1. The summed E-state index contributed by atoms with van der Waals surface area (Å²) in [5, 5.41) is 0. The normalized spacial score (nSPS) is 14.9. The summed E-state index contributed by atoms with van der Waals surface area (Å²) in [6, 6.07) is 4.37. The van der Waals surface area contributed by atoms with E-state index in [0.29, 0.717) is 0 Å². The van der Waals surface area contributed by atoms with E-state index in [4.69, 9.17) is 0 Å². The fourth-order valence-electron chi connectivity index (χ4n) is 1.30. The summed E-state index contributed by atoms with van der Waals surface area (Å²) in [4.78, 5) is 0.979. The van der Waals surface area contributed by atoms with Crippen LogP contribution >= 0.6 is 11.8 Å². The first kappa shape index (κ1) is 10.4. The number of benzene rings is 1. The van der Waals surface area contributed by atoms with E-state index in [2.05, 4.69) is 4.74 Å². The molecule has 1 aliphatic rings. The predicted octanol–water partition coefficient (Wildman–Crippen LogP) is 3.70. The van der Waals surface area contributed by atoms with Crippen molar-refractivity contribution in [3.05, 3.63) is 29.8 Å². The molecule has 80 valence electrons. The van der Waals surface area contributed by atoms with E-state index in [1.165, 1.54) is 12.1 Å². The number of halogens is 3. The van der Waals surface area contributed by atoms with Crippen LogP contribution in [0, 0.1) is 0 Å². The molecule has 0 radical (unpaired) electrons. The molecule has 0 bridgehead atoms. The number of ether oxygens (including phenoxy) is 1. The van der Waals surface area contributed by atoms with Crippen LogP contribution in [-0.2, 0) is 0 Å². The molecule has 15 heavy (non-hydrogen) atoms. The van der Waals surface area contributed by atoms with Gasteiger partial charge in [0.1, 0.15) is 5.75 Å². The summed E-state index contributed by atoms with van der Waals surface area (Å²) in [5.74, 6) is 0.681. The third kappa shape index (κ3) is 2.68. The van der Waals surface area contributed by atoms with E-state index < -0.39 is 6.36 Å². The molecule has 0 spiro atoms. The van der Waals surface area contributed by atoms with Gasteiger partial charge in [-0.05, 0) is 23.8 Å². The Labute approximate surface area is 88.9 Å². The highest BCUT2D eigenvalue weighted by molar-refractivity contribution is 7.99. The summed E-state index contributed by atoms with van der Waals surface area (Å²) in [5.41, 5.74) is 0.771. The number of hydrogen-bond acceptors (Lipinski definition) is 2. The Morgan fingerprint density at radius 2 is 2.07 bits per heavy atom. The molecule has 0 fully saturated rings. The summed E-state index contributed by atoms with van der Waals surface area (Å²) in [7, 11) is 0. The zero-order chi connectivity index (χ0) is 10.9. The highest BCUT2D eigenvalue weighted by atomic mass is 32.2. The lowest BCUT2D eigenvalue weighted by molar-refractivity contribution is -0.274. The largest absolute Gasteiger partial charge is 0.573 e. The second-order valence-corrected chi connectivity index (χ2v) is 4.02. The van der Waals surface area contributed by atoms with E-state index in [-0.39, 0.29) is 5.75 Å². The van der Waals surface area contributed by atoms with Gasteiger partial charge < -0.3 is 4.74 Å². The first-order chi connectivity index (χ1) is 7.04. The van der Waals surface area contributed by atoms with Crippen molar-refractivity contribution < 1.29 is 17.9 Å². The minimum atomic E-state index is -4.63. The summed E-state index contributed by atoms with van der Waals surface area (Å²) in [6.07, 6.45) is -0.917. The third-order valence-corrected chi connectivity index (χ3v) is 2.89. The summed E-state index contributed by atoms with van der Waals surface area (Å²) >= 11 is 1.59. The Morgan fingerprint density at radius 1 is 1.27 bits per heavy atom. The van der Waals surface area contributed by atoms with Gasteiger partial charge in [0, 0.05) is 10.6 Å². The fraction of sp³-hybridized carbons (Fsp3) is 0.200. The van der Waals surface area contributed by atoms with Gasteiger partial charge in [-0.2, -0.15) is 0 Å². The molecule has 0 atom stereocenters. The van der Waals surface area contributed by atoms with Crippen LogP contribution in [0.2, 0.25) is 0 Å². The van der Waals surface area contributed by atoms with Crippen LogP contribution < -0.4 is 4.74 Å². The van der Waals surface area contributed by atoms with Crippen molar-refractivity contribution in [2.75, 3.05) is 5.75 Å². The Morgan fingerprint density at radius 3 is 2.80 bits per heavy atom. The van der Waals surface area contributed by atoms with Gasteiger partial charge in [-0.1, -0.05) is 12.2 Å². The lowest BCUT2D eigenvalue weighted by atomic mass is 10.2. The van der Waals surface area contributed by atoms with Crippen molar-refractivity contribution in [2.24, 2.45) is 0 Å². The SMILES string of the molecule is FC(F)(F)Oc1ccc2c(c1)C=CCS2. The highest BCUT2D eigenvalue weighted by Crippen LogP contribution is 2.32. The topological polar surface area (TPSA) is 9.23 Å². The Hall–Kier alpha value is -1.10. The maximum Gasteiger partial charge on any atom is 0.573 e. The monoisotopic (exact) mass is 232 g/mol. The van der Waals surface area contributed by atoms with Crippen molar-refractivity contribution >= 4 is 17.8 Å². The van der Waals surface area contributed by atoms with Gasteiger partial charge in [0.2, 0.25) is 0 Å². The van der Waals surface area contributed by atoms with E-state index >= 15 is 0 Å². The molecule has 0 N–H and O–H groups in total. The van der Waals surface area contributed by atoms with Crippen molar-refractivity contribution in [1.82, 2.24) is 0 Å². The maximum absolute atomic E-state index is 11.9. The number of thioether (sulfide) groups is 1. The third-order valence-electron chi connectivity index (χ3n) is 1.85. The molecule has 0 amide bonds. The van der Waals surface area contributed by atoms with Crippen LogP contribution in [0.3, 0.4) is 0 Å². The van der Waals surface area contributed by atoms with Gasteiger partial charge in [0.25, 0.3) is 0 Å². The molecule has 1 aliphatic heterocycles. The minimum absolute atomic E-state index is 0.173. The van der Waals surface area contributed by atoms with Crippen LogP contribution in [-0.4, -0.2) is 12.1 Å². The lowest BCUT2D eigenvalue weighted by Gasteiger charge is -2.13. The Bertz CT molecular complexity index is 398. The van der Waals surface area contributed by atoms with Gasteiger partial charge in [-0.3, -0.25) is 0 Å². The van der Waals surface area contributed by atoms with Gasteiger partial charge in [-0.15, -0.1) is 24.9 Å². The van der Waals surface area contributed by atoms with Crippen LogP contribution in [0.5, 0.6) is 5.75 Å². The molecule has 0 aliphatic carbocycles. The summed E-state index contributed by atoms with van der Waals surface area (Å²) < 4.78 is 39.6. The van der Waals surface area contributed by atoms with E-state index in [1.807, 2.05) is 6.08 Å². The van der Waals surface area contributed by atoms with Crippen LogP contribution in [0.4, 0.5) is 13.2 Å². The molecule has 5 heteroatoms. The lowest BCUT2D eigenvalue weighted by Crippen LogP contribution is -2.17. The first-order valence-electron chi connectivity index (χ1n) is 4.24. The van der Waals surface area contributed by atoms with E-state index in [9.17, 15) is 13.2 Å². The van der Waals surface area contributed by atoms with Gasteiger partial charge in [0.15, 0.2) is 0 Å². The van der Waals surface area contributed by atoms with Crippen molar-refractivity contribution in [1.29, 1.82) is 0 Å². The minimum Gasteiger partial charge on any atom is -0.406 e. The molecular formula is C10H7F3OS. The zero-order valence-corrected chi connectivity index (χ0v) is 8.36. The average molecular weight is 232 g/mol. The first-order valence-corrected chi connectivity index (χ1v) is 5.22. The molecule has 1 heterocycles. The smallest absolute Gasteiger partial charge is 0.406 e. The molecule has 1 aromatic carbocycles. The zero-order valence-electron chi connectivity index (χ0n) is 7.54. The molecule has 0 saturated carbocycles. The van der Waals surface area contributed by atoms with Crippen LogP contribution in [0.1, 0.15) is 5.56 Å².